The monoisotopic (exact) mass is 325 g/mol. The Morgan fingerprint density at radius 3 is 2.68 bits per heavy atom. The van der Waals surface area contributed by atoms with Crippen LogP contribution in [0, 0.1) is 5.92 Å². The number of hydrogen-bond donors (Lipinski definition) is 2. The van der Waals surface area contributed by atoms with E-state index in [0.717, 1.165) is 6.42 Å². The Labute approximate surface area is 131 Å². The number of carbonyl (C=O) groups excluding carboxylic acids is 1. The summed E-state index contributed by atoms with van der Waals surface area (Å²) in [5.74, 6) is 0.113. The van der Waals surface area contributed by atoms with E-state index in [2.05, 4.69) is 4.72 Å². The van der Waals surface area contributed by atoms with Crippen LogP contribution >= 0.6 is 0 Å². The zero-order valence-electron chi connectivity index (χ0n) is 13.0. The second-order valence-electron chi connectivity index (χ2n) is 5.70. The first-order chi connectivity index (χ1) is 10.4. The van der Waals surface area contributed by atoms with Crippen molar-refractivity contribution in [3.63, 3.8) is 0 Å². The van der Waals surface area contributed by atoms with Crippen LogP contribution in [0.4, 0.5) is 5.69 Å². The van der Waals surface area contributed by atoms with Gasteiger partial charge in [-0.3, -0.25) is 9.52 Å². The molecule has 1 aliphatic heterocycles. The molecule has 3 N–H and O–H groups in total. The van der Waals surface area contributed by atoms with E-state index in [4.69, 9.17) is 5.73 Å². The van der Waals surface area contributed by atoms with E-state index in [1.807, 2.05) is 6.92 Å². The standard InChI is InChI=1S/C15H23N3O3S/c1-3-22(20,21)17-14-7-5-4-6-13(14)15(19)18-10-12(9-16)8-11(18)2/h4-7,11-12,17H,3,8-10,16H2,1-2H3. The fourth-order valence-electron chi connectivity index (χ4n) is 2.75. The summed E-state index contributed by atoms with van der Waals surface area (Å²) in [5.41, 5.74) is 6.41. The first-order valence-electron chi connectivity index (χ1n) is 7.48. The van der Waals surface area contributed by atoms with Crippen molar-refractivity contribution in [2.75, 3.05) is 23.6 Å². The minimum absolute atomic E-state index is 0.0368. The SMILES string of the molecule is CCS(=O)(=O)Nc1ccccc1C(=O)N1CC(CN)CC1C. The molecule has 122 valence electrons. The summed E-state index contributed by atoms with van der Waals surface area (Å²) in [6.07, 6.45) is 0.880. The van der Waals surface area contributed by atoms with Crippen LogP contribution in [0.2, 0.25) is 0 Å². The lowest BCUT2D eigenvalue weighted by molar-refractivity contribution is 0.0744. The predicted octanol–water partition coefficient (Wildman–Crippen LogP) is 1.26. The number of nitrogens with two attached hydrogens (primary N) is 1. The molecule has 6 nitrogen and oxygen atoms in total. The summed E-state index contributed by atoms with van der Waals surface area (Å²) in [6.45, 7) is 4.72. The van der Waals surface area contributed by atoms with E-state index >= 15 is 0 Å². The van der Waals surface area contributed by atoms with Gasteiger partial charge in [-0.1, -0.05) is 12.1 Å². The molecule has 1 aromatic rings. The molecule has 2 rings (SSSR count). The van der Waals surface area contributed by atoms with Gasteiger partial charge >= 0.3 is 0 Å². The smallest absolute Gasteiger partial charge is 0.256 e. The van der Waals surface area contributed by atoms with Crippen LogP contribution < -0.4 is 10.5 Å². The summed E-state index contributed by atoms with van der Waals surface area (Å²) in [5, 5.41) is 0. The molecule has 1 amide bonds. The Bertz CT molecular complexity index is 645. The van der Waals surface area contributed by atoms with Gasteiger partial charge in [0.2, 0.25) is 10.0 Å². The molecule has 0 radical (unpaired) electrons. The summed E-state index contributed by atoms with van der Waals surface area (Å²) >= 11 is 0. The molecule has 1 aromatic carbocycles. The van der Waals surface area contributed by atoms with Gasteiger partial charge in [0.05, 0.1) is 17.0 Å². The van der Waals surface area contributed by atoms with E-state index in [-0.39, 0.29) is 17.7 Å². The molecule has 1 aliphatic rings. The number of anilines is 1. The van der Waals surface area contributed by atoms with Crippen LogP contribution in [0.15, 0.2) is 24.3 Å². The summed E-state index contributed by atoms with van der Waals surface area (Å²) < 4.78 is 26.0. The molecule has 1 saturated heterocycles. The number of amides is 1. The average Bonchev–Trinajstić information content (AvgIpc) is 2.88. The molecule has 0 aliphatic carbocycles. The third kappa shape index (κ3) is 3.59. The number of likely N-dealkylation sites (tertiary alicyclic amines) is 1. The number of benzene rings is 1. The second-order valence-corrected chi connectivity index (χ2v) is 7.71. The molecule has 1 fully saturated rings. The summed E-state index contributed by atoms with van der Waals surface area (Å²) in [7, 11) is -3.42. The summed E-state index contributed by atoms with van der Waals surface area (Å²) in [4.78, 5) is 14.5. The van der Waals surface area contributed by atoms with Crippen LogP contribution in [0.3, 0.4) is 0 Å². The maximum atomic E-state index is 12.8. The first kappa shape index (κ1) is 16.8. The van der Waals surface area contributed by atoms with Crippen LogP contribution in [0.1, 0.15) is 30.6 Å². The van der Waals surface area contributed by atoms with Crippen molar-refractivity contribution in [2.45, 2.75) is 26.3 Å². The van der Waals surface area contributed by atoms with Crippen molar-refractivity contribution in [3.05, 3.63) is 29.8 Å². The highest BCUT2D eigenvalue weighted by molar-refractivity contribution is 7.92. The molecule has 1 heterocycles. The number of carbonyl (C=O) groups is 1. The number of rotatable bonds is 5. The first-order valence-corrected chi connectivity index (χ1v) is 9.13. The Hall–Kier alpha value is -1.60. The van der Waals surface area contributed by atoms with Gasteiger partial charge < -0.3 is 10.6 Å². The highest BCUT2D eigenvalue weighted by Gasteiger charge is 2.33. The van der Waals surface area contributed by atoms with Gasteiger partial charge in [-0.05, 0) is 44.9 Å². The molecule has 0 spiro atoms. The molecular formula is C15H23N3O3S. The van der Waals surface area contributed by atoms with Crippen molar-refractivity contribution in [2.24, 2.45) is 11.7 Å². The van der Waals surface area contributed by atoms with E-state index in [1.165, 1.54) is 0 Å². The lowest BCUT2D eigenvalue weighted by Crippen LogP contribution is -2.35. The van der Waals surface area contributed by atoms with Gasteiger partial charge in [0.1, 0.15) is 0 Å². The third-order valence-corrected chi connectivity index (χ3v) is 5.35. The van der Waals surface area contributed by atoms with Gasteiger partial charge in [-0.15, -0.1) is 0 Å². The van der Waals surface area contributed by atoms with Gasteiger partial charge in [0.25, 0.3) is 5.91 Å². The molecule has 0 saturated carbocycles. The minimum atomic E-state index is -3.42. The van der Waals surface area contributed by atoms with Gasteiger partial charge in [-0.2, -0.15) is 0 Å². The number of para-hydroxylation sites is 1. The minimum Gasteiger partial charge on any atom is -0.336 e. The van der Waals surface area contributed by atoms with Crippen molar-refractivity contribution in [3.8, 4) is 0 Å². The maximum absolute atomic E-state index is 12.8. The molecule has 7 heteroatoms. The molecule has 0 bridgehead atoms. The fourth-order valence-corrected chi connectivity index (χ4v) is 3.41. The predicted molar refractivity (Wildman–Crippen MR) is 87.2 cm³/mol. The fraction of sp³-hybridized carbons (Fsp3) is 0.533. The molecular weight excluding hydrogens is 302 g/mol. The number of sulfonamides is 1. The Balaban J connectivity index is 2.27. The number of hydrogen-bond acceptors (Lipinski definition) is 4. The van der Waals surface area contributed by atoms with Crippen molar-refractivity contribution in [1.29, 1.82) is 0 Å². The van der Waals surface area contributed by atoms with E-state index in [0.29, 0.717) is 30.3 Å². The normalized spacial score (nSPS) is 21.9. The highest BCUT2D eigenvalue weighted by atomic mass is 32.2. The van der Waals surface area contributed by atoms with Crippen LogP contribution in [-0.2, 0) is 10.0 Å². The van der Waals surface area contributed by atoms with E-state index in [1.54, 1.807) is 36.1 Å². The molecule has 2 atom stereocenters. The van der Waals surface area contributed by atoms with E-state index in [9.17, 15) is 13.2 Å². The summed E-state index contributed by atoms with van der Waals surface area (Å²) in [6, 6.07) is 6.82. The van der Waals surface area contributed by atoms with Gasteiger partial charge in [-0.25, -0.2) is 8.42 Å². The van der Waals surface area contributed by atoms with Gasteiger partial charge in [0.15, 0.2) is 0 Å². The molecule has 2 unspecified atom stereocenters. The van der Waals surface area contributed by atoms with Crippen molar-refractivity contribution >= 4 is 21.6 Å². The van der Waals surface area contributed by atoms with Crippen LogP contribution in [0.25, 0.3) is 0 Å². The van der Waals surface area contributed by atoms with Gasteiger partial charge in [0, 0.05) is 12.6 Å². The van der Waals surface area contributed by atoms with Crippen molar-refractivity contribution in [1.82, 2.24) is 4.90 Å². The second kappa shape index (κ2) is 6.66. The average molecular weight is 325 g/mol. The number of nitrogens with one attached hydrogen (secondary N) is 1. The number of nitrogens with zero attached hydrogens (tertiary/aromatic N) is 1. The topological polar surface area (TPSA) is 92.5 Å². The largest absolute Gasteiger partial charge is 0.336 e. The zero-order valence-corrected chi connectivity index (χ0v) is 13.8. The lowest BCUT2D eigenvalue weighted by atomic mass is 10.1. The Morgan fingerprint density at radius 1 is 1.41 bits per heavy atom. The lowest BCUT2D eigenvalue weighted by Gasteiger charge is -2.23. The van der Waals surface area contributed by atoms with Crippen molar-refractivity contribution < 1.29 is 13.2 Å². The van der Waals surface area contributed by atoms with Crippen LogP contribution in [0.5, 0.6) is 0 Å². The molecule has 22 heavy (non-hydrogen) atoms. The Kier molecular flexibility index (Phi) is 5.08. The highest BCUT2D eigenvalue weighted by Crippen LogP contribution is 2.27. The zero-order chi connectivity index (χ0) is 16.3. The van der Waals surface area contributed by atoms with Crippen LogP contribution in [-0.4, -0.2) is 44.1 Å². The van der Waals surface area contributed by atoms with E-state index < -0.39 is 10.0 Å². The molecule has 0 aromatic heterocycles. The quantitative estimate of drug-likeness (QED) is 0.852. The Morgan fingerprint density at radius 2 is 2.09 bits per heavy atom. The maximum Gasteiger partial charge on any atom is 0.256 e. The third-order valence-electron chi connectivity index (χ3n) is 4.06.